The minimum absolute atomic E-state index is 0.0838. The van der Waals surface area contributed by atoms with Crippen LogP contribution in [0.2, 0.25) is 0 Å². The lowest BCUT2D eigenvalue weighted by Crippen LogP contribution is -2.11. The molecule has 0 saturated heterocycles. The van der Waals surface area contributed by atoms with E-state index in [9.17, 15) is 5.11 Å². The number of rotatable bonds is 13. The lowest BCUT2D eigenvalue weighted by molar-refractivity contribution is 0.0503. The van der Waals surface area contributed by atoms with Gasteiger partial charge in [-0.1, -0.05) is 36.4 Å². The van der Waals surface area contributed by atoms with Crippen molar-refractivity contribution in [2.24, 2.45) is 0 Å². The molecule has 1 N–H and O–H groups in total. The van der Waals surface area contributed by atoms with Crippen molar-refractivity contribution in [3.05, 3.63) is 109 Å². The van der Waals surface area contributed by atoms with Crippen molar-refractivity contribution in [2.75, 3.05) is 45.0 Å². The number of fused-ring (bicyclic) bond motifs is 6. The second-order valence-electron chi connectivity index (χ2n) is 11.3. The second-order valence-corrected chi connectivity index (χ2v) is 11.3. The van der Waals surface area contributed by atoms with Gasteiger partial charge in [0, 0.05) is 80.4 Å². The third-order valence-corrected chi connectivity index (χ3v) is 8.72. The van der Waals surface area contributed by atoms with Gasteiger partial charge in [-0.25, -0.2) is 0 Å². The molecule has 2 aromatic heterocycles. The monoisotopic (exact) mass is 613 g/mol. The topological polar surface area (TPSA) is 61.0 Å². The Morgan fingerprint density at radius 3 is 1.65 bits per heavy atom. The van der Waals surface area contributed by atoms with Crippen molar-refractivity contribution in [3.63, 3.8) is 0 Å². The number of para-hydroxylation sites is 2. The minimum Gasteiger partial charge on any atom is -0.497 e. The van der Waals surface area contributed by atoms with Gasteiger partial charge >= 0.3 is 0 Å². The Hall–Kier alpha value is -4.82. The summed E-state index contributed by atoms with van der Waals surface area (Å²) < 4.78 is 21.4. The van der Waals surface area contributed by atoms with E-state index in [2.05, 4.69) is 111 Å². The number of anilines is 3. The summed E-state index contributed by atoms with van der Waals surface area (Å²) in [6.45, 7) is 5.91. The zero-order chi connectivity index (χ0) is 31.5. The molecule has 0 radical (unpaired) electrons. The van der Waals surface area contributed by atoms with Gasteiger partial charge in [0.2, 0.25) is 0 Å². The van der Waals surface area contributed by atoms with Crippen LogP contribution in [0.4, 0.5) is 17.1 Å². The van der Waals surface area contributed by atoms with Crippen LogP contribution in [-0.4, -0.2) is 54.4 Å². The van der Waals surface area contributed by atoms with Gasteiger partial charge in [0.15, 0.2) is 0 Å². The number of nitrogens with zero attached hydrogens (tertiary/aromatic N) is 3. The van der Waals surface area contributed by atoms with Gasteiger partial charge in [0.1, 0.15) is 5.75 Å². The van der Waals surface area contributed by atoms with Crippen LogP contribution < -0.4 is 9.64 Å². The van der Waals surface area contributed by atoms with Crippen LogP contribution >= 0.6 is 0 Å². The van der Waals surface area contributed by atoms with Crippen LogP contribution in [0.1, 0.15) is 6.92 Å². The Kier molecular flexibility index (Phi) is 8.62. The van der Waals surface area contributed by atoms with E-state index >= 15 is 0 Å². The number of hydrogen-bond acceptors (Lipinski definition) is 5. The predicted molar refractivity (Wildman–Crippen MR) is 188 cm³/mol. The van der Waals surface area contributed by atoms with Gasteiger partial charge in [-0.2, -0.15) is 0 Å². The summed E-state index contributed by atoms with van der Waals surface area (Å²) >= 11 is 0. The van der Waals surface area contributed by atoms with Gasteiger partial charge in [-0.3, -0.25) is 0 Å². The van der Waals surface area contributed by atoms with Crippen LogP contribution in [-0.2, 0) is 22.6 Å². The van der Waals surface area contributed by atoms with E-state index in [-0.39, 0.29) is 6.61 Å². The molecular weight excluding hydrogens is 574 g/mol. The average molecular weight is 614 g/mol. The van der Waals surface area contributed by atoms with E-state index < -0.39 is 0 Å². The van der Waals surface area contributed by atoms with Crippen LogP contribution in [0.5, 0.6) is 5.75 Å². The fraction of sp³-hybridized carbons (Fsp3) is 0.231. The molecule has 0 bridgehead atoms. The summed E-state index contributed by atoms with van der Waals surface area (Å²) in [5.74, 6) is 0.813. The van der Waals surface area contributed by atoms with Gasteiger partial charge in [0.05, 0.1) is 33.5 Å². The van der Waals surface area contributed by atoms with Crippen LogP contribution in [0, 0.1) is 0 Å². The summed E-state index contributed by atoms with van der Waals surface area (Å²) in [6, 6.07) is 38.6. The lowest BCUT2D eigenvalue weighted by Gasteiger charge is -2.26. The first-order valence-corrected chi connectivity index (χ1v) is 15.9. The van der Waals surface area contributed by atoms with Gasteiger partial charge in [-0.05, 0) is 79.7 Å². The lowest BCUT2D eigenvalue weighted by atomic mass is 10.1. The summed E-state index contributed by atoms with van der Waals surface area (Å²) in [5, 5.41) is 14.6. The van der Waals surface area contributed by atoms with Gasteiger partial charge in [-0.15, -0.1) is 0 Å². The summed E-state index contributed by atoms with van der Waals surface area (Å²) in [4.78, 5) is 2.30. The van der Waals surface area contributed by atoms with Crippen molar-refractivity contribution in [2.45, 2.75) is 20.0 Å². The standard InChI is InChI=1S/C39H39N3O4/c1-3-45-24-25-46-23-21-41-37-11-7-5-9-33(37)35-27-30(15-19-39(35)41)42(28-12-16-31(44-2)17-13-28)29-14-18-38-34(26-29)32-8-4-6-10-36(32)40(38)20-22-43/h4-19,26-27,43H,3,20-25H2,1-2H3. The molecule has 0 saturated carbocycles. The molecule has 2 heterocycles. The highest BCUT2D eigenvalue weighted by molar-refractivity contribution is 6.11. The number of benzene rings is 5. The highest BCUT2D eigenvalue weighted by Crippen LogP contribution is 2.41. The van der Waals surface area contributed by atoms with E-state index in [1.165, 1.54) is 27.2 Å². The Morgan fingerprint density at radius 2 is 1.09 bits per heavy atom. The average Bonchev–Trinajstić information content (AvgIpc) is 3.59. The molecule has 0 aliphatic heterocycles. The predicted octanol–water partition coefficient (Wildman–Crippen LogP) is 8.43. The minimum atomic E-state index is 0.0838. The maximum Gasteiger partial charge on any atom is 0.119 e. The van der Waals surface area contributed by atoms with E-state index in [0.717, 1.165) is 45.8 Å². The number of aromatic nitrogens is 2. The molecule has 7 heteroatoms. The first-order chi connectivity index (χ1) is 22.7. The molecular formula is C39H39N3O4. The Labute approximate surface area is 268 Å². The van der Waals surface area contributed by atoms with E-state index in [0.29, 0.717) is 33.0 Å². The van der Waals surface area contributed by atoms with Crippen molar-refractivity contribution in [1.29, 1.82) is 0 Å². The fourth-order valence-corrected chi connectivity index (χ4v) is 6.64. The molecule has 46 heavy (non-hydrogen) atoms. The molecule has 0 unspecified atom stereocenters. The summed E-state index contributed by atoms with van der Waals surface area (Å²) in [6.07, 6.45) is 0. The molecule has 7 rings (SSSR count). The molecule has 0 atom stereocenters. The highest BCUT2D eigenvalue weighted by Gasteiger charge is 2.19. The molecule has 0 spiro atoms. The van der Waals surface area contributed by atoms with Crippen LogP contribution in [0.15, 0.2) is 109 Å². The second kappa shape index (κ2) is 13.3. The molecule has 0 aliphatic rings. The molecule has 234 valence electrons. The number of hydrogen-bond donors (Lipinski definition) is 1. The van der Waals surface area contributed by atoms with Crippen LogP contribution in [0.25, 0.3) is 43.6 Å². The SMILES string of the molecule is CCOCCOCCn1c2ccccc2c2cc(N(c3ccc(OC)cc3)c3ccc4c(c3)c3ccccc3n4CCO)ccc21. The van der Waals surface area contributed by atoms with Gasteiger partial charge < -0.3 is 33.4 Å². The van der Waals surface area contributed by atoms with Crippen molar-refractivity contribution < 1.29 is 19.3 Å². The first-order valence-electron chi connectivity index (χ1n) is 15.9. The normalized spacial score (nSPS) is 11.7. The number of ether oxygens (including phenoxy) is 3. The largest absolute Gasteiger partial charge is 0.497 e. The molecule has 5 aromatic carbocycles. The van der Waals surface area contributed by atoms with E-state index in [1.807, 2.05) is 19.1 Å². The maximum absolute atomic E-state index is 9.84. The smallest absolute Gasteiger partial charge is 0.119 e. The van der Waals surface area contributed by atoms with E-state index in [4.69, 9.17) is 14.2 Å². The van der Waals surface area contributed by atoms with Gasteiger partial charge in [0.25, 0.3) is 0 Å². The van der Waals surface area contributed by atoms with Crippen LogP contribution in [0.3, 0.4) is 0 Å². The molecule has 0 amide bonds. The quantitative estimate of drug-likeness (QED) is 0.132. The van der Waals surface area contributed by atoms with Crippen molar-refractivity contribution in [1.82, 2.24) is 9.13 Å². The number of aliphatic hydroxyl groups is 1. The molecule has 0 aliphatic carbocycles. The third kappa shape index (κ3) is 5.47. The summed E-state index contributed by atoms with van der Waals surface area (Å²) in [5.41, 5.74) is 7.74. The molecule has 0 fully saturated rings. The summed E-state index contributed by atoms with van der Waals surface area (Å²) in [7, 11) is 1.69. The fourth-order valence-electron chi connectivity index (χ4n) is 6.64. The van der Waals surface area contributed by atoms with Crippen molar-refractivity contribution in [3.8, 4) is 5.75 Å². The Balaban J connectivity index is 1.35. The first kappa shape index (κ1) is 29.9. The Morgan fingerprint density at radius 1 is 0.565 bits per heavy atom. The Bertz CT molecular complexity index is 2110. The zero-order valence-electron chi connectivity index (χ0n) is 26.4. The van der Waals surface area contributed by atoms with E-state index in [1.54, 1.807) is 7.11 Å². The molecule has 7 nitrogen and oxygen atoms in total. The molecule has 7 aromatic rings. The number of methoxy groups -OCH3 is 1. The third-order valence-electron chi connectivity index (χ3n) is 8.72. The number of aliphatic hydroxyl groups excluding tert-OH is 1. The highest BCUT2D eigenvalue weighted by atomic mass is 16.5. The van der Waals surface area contributed by atoms with Crippen molar-refractivity contribution >= 4 is 60.7 Å². The zero-order valence-corrected chi connectivity index (χ0v) is 26.4. The maximum atomic E-state index is 9.84.